The molecule has 0 radical (unpaired) electrons. The molecule has 33 heavy (non-hydrogen) atoms. The van der Waals surface area contributed by atoms with Gasteiger partial charge in [0.15, 0.2) is 16.4 Å². The van der Waals surface area contributed by atoms with E-state index >= 15 is 0 Å². The predicted molar refractivity (Wildman–Crippen MR) is 114 cm³/mol. The Morgan fingerprint density at radius 3 is 2.73 bits per heavy atom. The third-order valence-corrected chi connectivity index (χ3v) is 7.25. The van der Waals surface area contributed by atoms with Crippen LogP contribution in [0, 0.1) is 29.2 Å². The van der Waals surface area contributed by atoms with Crippen molar-refractivity contribution in [2.75, 3.05) is 20.3 Å². The molecule has 2 aromatic rings. The maximum Gasteiger partial charge on any atom is 0.273 e. The molecule has 0 aliphatic carbocycles. The zero-order valence-corrected chi connectivity index (χ0v) is 18.6. The van der Waals surface area contributed by atoms with Crippen molar-refractivity contribution in [1.29, 1.82) is 0 Å². The summed E-state index contributed by atoms with van der Waals surface area (Å²) in [5.41, 5.74) is 5.63. The third-order valence-electron chi connectivity index (χ3n) is 5.72. The van der Waals surface area contributed by atoms with Crippen LogP contribution in [0.2, 0.25) is 0 Å². The molecule has 0 unspecified atom stereocenters. The molecule has 6 nitrogen and oxygen atoms in total. The van der Waals surface area contributed by atoms with Crippen molar-refractivity contribution in [2.24, 2.45) is 16.8 Å². The Bertz CT molecular complexity index is 1130. The van der Waals surface area contributed by atoms with Crippen molar-refractivity contribution in [1.82, 2.24) is 5.01 Å². The predicted octanol–water partition coefficient (Wildman–Crippen LogP) is 3.73. The van der Waals surface area contributed by atoms with Gasteiger partial charge in [-0.1, -0.05) is 11.8 Å². The summed E-state index contributed by atoms with van der Waals surface area (Å²) in [6.45, 7) is 1.61. The van der Waals surface area contributed by atoms with Crippen LogP contribution < -0.4 is 10.5 Å². The molecule has 176 valence electrons. The van der Waals surface area contributed by atoms with Crippen LogP contribution in [0.5, 0.6) is 5.75 Å². The molecule has 0 aromatic heterocycles. The number of hydrogen-bond acceptors (Lipinski definition) is 6. The molecule has 4 rings (SSSR count). The first-order valence-corrected chi connectivity index (χ1v) is 11.0. The van der Waals surface area contributed by atoms with Crippen LogP contribution in [0.1, 0.15) is 24.5 Å². The Kier molecular flexibility index (Phi) is 6.39. The van der Waals surface area contributed by atoms with Crippen molar-refractivity contribution < 1.29 is 31.8 Å². The molecule has 0 saturated heterocycles. The second-order valence-electron chi connectivity index (χ2n) is 7.71. The van der Waals surface area contributed by atoms with Crippen molar-refractivity contribution in [2.45, 2.75) is 24.3 Å². The standard InChI is InChI=1S/C22H21F4N3O3S/c1-11(31-2)21(30)29-22(33-20(28-29)15-7-13(23)3-4-17(15)25)12(5-6-27)10-32-19-16(22)8-14(24)9-18(19)26/h3-4,7-9,11-12H,5-6,10,27H2,1-2H3/t11-,12+,22-/m0/s1. The number of ether oxygens (including phenoxy) is 2. The highest BCUT2D eigenvalue weighted by Gasteiger charge is 2.58. The van der Waals surface area contributed by atoms with Gasteiger partial charge in [0, 0.05) is 30.2 Å². The first kappa shape index (κ1) is 23.5. The molecule has 1 spiro atoms. The van der Waals surface area contributed by atoms with Gasteiger partial charge in [-0.3, -0.25) is 4.79 Å². The molecule has 3 atom stereocenters. The van der Waals surface area contributed by atoms with E-state index in [1.165, 1.54) is 14.0 Å². The number of thioether (sulfide) groups is 1. The zero-order valence-electron chi connectivity index (χ0n) is 17.8. The molecule has 11 heteroatoms. The minimum Gasteiger partial charge on any atom is -0.490 e. The Morgan fingerprint density at radius 1 is 1.27 bits per heavy atom. The van der Waals surface area contributed by atoms with E-state index in [2.05, 4.69) is 5.10 Å². The summed E-state index contributed by atoms with van der Waals surface area (Å²) >= 11 is 0.906. The van der Waals surface area contributed by atoms with Gasteiger partial charge in [-0.2, -0.15) is 5.10 Å². The van der Waals surface area contributed by atoms with Crippen LogP contribution >= 0.6 is 11.8 Å². The lowest BCUT2D eigenvalue weighted by Crippen LogP contribution is -2.53. The maximum atomic E-state index is 14.7. The fourth-order valence-corrected chi connectivity index (χ4v) is 5.54. The normalized spacial score (nSPS) is 22.7. The van der Waals surface area contributed by atoms with Crippen LogP contribution in [0.3, 0.4) is 0 Å². The third kappa shape index (κ3) is 3.87. The molecule has 0 bridgehead atoms. The fraction of sp³-hybridized carbons (Fsp3) is 0.364. The summed E-state index contributed by atoms with van der Waals surface area (Å²) in [5.74, 6) is -4.75. The van der Waals surface area contributed by atoms with Gasteiger partial charge in [-0.25, -0.2) is 22.6 Å². The quantitative estimate of drug-likeness (QED) is 0.656. The van der Waals surface area contributed by atoms with E-state index in [1.807, 2.05) is 0 Å². The van der Waals surface area contributed by atoms with E-state index in [0.29, 0.717) is 12.5 Å². The molecule has 0 saturated carbocycles. The molecule has 0 fully saturated rings. The number of nitrogens with zero attached hydrogens (tertiary/aromatic N) is 2. The monoisotopic (exact) mass is 483 g/mol. The fourth-order valence-electron chi connectivity index (χ4n) is 4.03. The SMILES string of the molecule is CO[C@@H](C)C(=O)N1N=C(c2cc(F)ccc2F)S[C@@]12c1cc(F)cc(F)c1OC[C@H]2CCN. The molecule has 1 amide bonds. The highest BCUT2D eigenvalue weighted by atomic mass is 32.2. The Balaban J connectivity index is 1.97. The summed E-state index contributed by atoms with van der Waals surface area (Å²) in [6.07, 6.45) is -0.685. The number of hydrogen-bond donors (Lipinski definition) is 1. The molecular formula is C22H21F4N3O3S. The smallest absolute Gasteiger partial charge is 0.273 e. The van der Waals surface area contributed by atoms with Crippen LogP contribution in [0.25, 0.3) is 0 Å². The number of amides is 1. The minimum atomic E-state index is -1.52. The topological polar surface area (TPSA) is 77.1 Å². The van der Waals surface area contributed by atoms with Gasteiger partial charge in [0.25, 0.3) is 5.91 Å². The number of rotatable bonds is 5. The molecule has 2 aliphatic rings. The number of fused-ring (bicyclic) bond motifs is 2. The van der Waals surface area contributed by atoms with Gasteiger partial charge < -0.3 is 15.2 Å². The number of carbonyl (C=O) groups excluding carboxylic acids is 1. The second kappa shape index (κ2) is 8.96. The Morgan fingerprint density at radius 2 is 2.03 bits per heavy atom. The summed E-state index contributed by atoms with van der Waals surface area (Å²) in [7, 11) is 1.32. The molecule has 2 aromatic carbocycles. The van der Waals surface area contributed by atoms with Crippen molar-refractivity contribution in [3.8, 4) is 5.75 Å². The highest BCUT2D eigenvalue weighted by molar-refractivity contribution is 8.15. The van der Waals surface area contributed by atoms with E-state index in [-0.39, 0.29) is 35.1 Å². The van der Waals surface area contributed by atoms with Gasteiger partial charge in [-0.15, -0.1) is 0 Å². The van der Waals surface area contributed by atoms with Gasteiger partial charge in [0.2, 0.25) is 0 Å². The summed E-state index contributed by atoms with van der Waals surface area (Å²) in [5, 5.41) is 5.36. The first-order valence-electron chi connectivity index (χ1n) is 10.1. The highest BCUT2D eigenvalue weighted by Crippen LogP contribution is 2.58. The lowest BCUT2D eigenvalue weighted by atomic mass is 9.86. The number of hydrazone groups is 1. The Hall–Kier alpha value is -2.63. The number of methoxy groups -OCH3 is 1. The van der Waals surface area contributed by atoms with Gasteiger partial charge in [0.05, 0.1) is 6.61 Å². The van der Waals surface area contributed by atoms with Crippen LogP contribution in [-0.2, 0) is 14.4 Å². The summed E-state index contributed by atoms with van der Waals surface area (Å²) in [6, 6.07) is 4.58. The largest absolute Gasteiger partial charge is 0.490 e. The van der Waals surface area contributed by atoms with Crippen molar-refractivity contribution in [3.05, 3.63) is 64.7 Å². The van der Waals surface area contributed by atoms with Gasteiger partial charge in [-0.05, 0) is 44.2 Å². The molecule has 2 N–H and O–H groups in total. The maximum absolute atomic E-state index is 14.7. The van der Waals surface area contributed by atoms with Crippen LogP contribution in [0.15, 0.2) is 35.4 Å². The molecular weight excluding hydrogens is 462 g/mol. The van der Waals surface area contributed by atoms with Crippen LogP contribution in [0.4, 0.5) is 17.6 Å². The van der Waals surface area contributed by atoms with E-state index in [4.69, 9.17) is 15.2 Å². The number of nitrogens with two attached hydrogens (primary N) is 1. The first-order chi connectivity index (χ1) is 15.7. The molecule has 2 aliphatic heterocycles. The van der Waals surface area contributed by atoms with Crippen LogP contribution in [-0.4, -0.2) is 42.3 Å². The number of benzene rings is 2. The lowest BCUT2D eigenvalue weighted by Gasteiger charge is -2.45. The average Bonchev–Trinajstić information content (AvgIpc) is 3.17. The van der Waals surface area contributed by atoms with E-state index in [1.54, 1.807) is 0 Å². The Labute approximate surface area is 191 Å². The van der Waals surface area contributed by atoms with E-state index < -0.39 is 46.1 Å². The second-order valence-corrected chi connectivity index (χ2v) is 8.92. The van der Waals surface area contributed by atoms with E-state index in [9.17, 15) is 22.4 Å². The van der Waals surface area contributed by atoms with Crippen molar-refractivity contribution >= 4 is 22.7 Å². The zero-order chi connectivity index (χ0) is 23.9. The lowest BCUT2D eigenvalue weighted by molar-refractivity contribution is -0.147. The van der Waals surface area contributed by atoms with E-state index in [0.717, 1.165) is 41.0 Å². The van der Waals surface area contributed by atoms with Gasteiger partial charge >= 0.3 is 0 Å². The van der Waals surface area contributed by atoms with Crippen molar-refractivity contribution in [3.63, 3.8) is 0 Å². The van der Waals surface area contributed by atoms with Gasteiger partial charge in [0.1, 0.15) is 28.6 Å². The minimum absolute atomic E-state index is 0.0157. The average molecular weight is 483 g/mol. The summed E-state index contributed by atoms with van der Waals surface area (Å²) in [4.78, 5) is 11.8. The summed E-state index contributed by atoms with van der Waals surface area (Å²) < 4.78 is 68.4. The molecule has 2 heterocycles. The number of halogens is 4. The number of carbonyl (C=O) groups is 1.